The number of aliphatic hydroxyl groups excluding tert-OH is 1. The Balaban J connectivity index is 2.74. The molecule has 1 saturated heterocycles. The van der Waals surface area contributed by atoms with Gasteiger partial charge in [-0.2, -0.15) is 4.31 Å². The average Bonchev–Trinajstić information content (AvgIpc) is 2.47. The number of carboxylic acid groups (broad SMARTS) is 1. The summed E-state index contributed by atoms with van der Waals surface area (Å²) in [7, 11) is -2.57. The van der Waals surface area contributed by atoms with Crippen LogP contribution in [-0.4, -0.2) is 66.9 Å². The number of β-amino-alcohol motifs (C(OH)–C–C–N with tert-alkyl or cyclic N) is 1. The maximum Gasteiger partial charge on any atom is 0.320 e. The van der Waals surface area contributed by atoms with Crippen LogP contribution in [0.2, 0.25) is 0 Å². The van der Waals surface area contributed by atoms with Crippen LogP contribution < -0.4 is 5.32 Å². The molecule has 1 rings (SSSR count). The third-order valence-electron chi connectivity index (χ3n) is 2.36. The number of aliphatic carboxylic acids is 1. The fraction of sp³-hybridized carbons (Fsp3) is 0.857. The Morgan fingerprint density at radius 1 is 1.53 bits per heavy atom. The number of likely N-dealkylation sites (N-methyl/N-ethyl adjacent to an activating group) is 1. The second-order valence-corrected chi connectivity index (χ2v) is 5.49. The molecule has 0 aromatic rings. The number of carboxylic acids is 1. The van der Waals surface area contributed by atoms with Gasteiger partial charge in [0.15, 0.2) is 5.75 Å². The average molecular weight is 238 g/mol. The first-order chi connectivity index (χ1) is 6.84. The van der Waals surface area contributed by atoms with Gasteiger partial charge < -0.3 is 15.5 Å². The Morgan fingerprint density at radius 2 is 2.13 bits per heavy atom. The van der Waals surface area contributed by atoms with Gasteiger partial charge in [0.05, 0.1) is 12.1 Å². The first-order valence-corrected chi connectivity index (χ1v) is 6.02. The van der Waals surface area contributed by atoms with Gasteiger partial charge in [-0.05, 0) is 0 Å². The molecule has 0 saturated carbocycles. The molecule has 7 nitrogen and oxygen atoms in total. The van der Waals surface area contributed by atoms with Gasteiger partial charge in [-0.1, -0.05) is 0 Å². The van der Waals surface area contributed by atoms with Crippen molar-refractivity contribution in [1.82, 2.24) is 9.62 Å². The fourth-order valence-electron chi connectivity index (χ4n) is 1.49. The molecule has 1 aliphatic rings. The van der Waals surface area contributed by atoms with Gasteiger partial charge in [0.25, 0.3) is 0 Å². The van der Waals surface area contributed by atoms with E-state index >= 15 is 0 Å². The molecule has 8 heteroatoms. The molecule has 3 N–H and O–H groups in total. The molecule has 15 heavy (non-hydrogen) atoms. The molecule has 0 amide bonds. The Hall–Kier alpha value is -0.700. The monoisotopic (exact) mass is 238 g/mol. The van der Waals surface area contributed by atoms with Crippen molar-refractivity contribution in [3.05, 3.63) is 0 Å². The number of rotatable bonds is 4. The molecule has 0 aromatic heterocycles. The van der Waals surface area contributed by atoms with Crippen LogP contribution in [0.25, 0.3) is 0 Å². The van der Waals surface area contributed by atoms with Gasteiger partial charge >= 0.3 is 5.97 Å². The molecule has 1 heterocycles. The summed E-state index contributed by atoms with van der Waals surface area (Å²) >= 11 is 0. The third-order valence-corrected chi connectivity index (χ3v) is 4.12. The van der Waals surface area contributed by atoms with Gasteiger partial charge in [0.1, 0.15) is 0 Å². The molecule has 2 unspecified atom stereocenters. The van der Waals surface area contributed by atoms with Crippen molar-refractivity contribution >= 4 is 16.0 Å². The van der Waals surface area contributed by atoms with Crippen LogP contribution in [0.1, 0.15) is 0 Å². The van der Waals surface area contributed by atoms with E-state index in [1.807, 2.05) is 0 Å². The minimum atomic E-state index is -3.84. The van der Waals surface area contributed by atoms with Gasteiger partial charge in [-0.15, -0.1) is 0 Å². The first-order valence-electron chi connectivity index (χ1n) is 4.41. The SMILES string of the molecule is CN(C1CNCC1O)S(=O)(=O)CC(=O)O. The standard InChI is InChI=1S/C7H14N2O5S/c1-9(5-2-8-3-6(5)10)15(13,14)4-7(11)12/h5-6,8,10H,2-4H2,1H3,(H,11,12). The molecular weight excluding hydrogens is 224 g/mol. The maximum absolute atomic E-state index is 11.5. The quantitative estimate of drug-likeness (QED) is 0.507. The summed E-state index contributed by atoms with van der Waals surface area (Å²) in [5.74, 6) is -2.35. The number of aliphatic hydroxyl groups is 1. The summed E-state index contributed by atoms with van der Waals surface area (Å²) in [6, 6.07) is -0.589. The van der Waals surface area contributed by atoms with Crippen LogP contribution in [0, 0.1) is 0 Å². The summed E-state index contributed by atoms with van der Waals surface area (Å²) in [6.45, 7) is 0.647. The minimum Gasteiger partial charge on any atom is -0.480 e. The van der Waals surface area contributed by atoms with E-state index in [1.165, 1.54) is 7.05 Å². The number of carbonyl (C=O) groups is 1. The summed E-state index contributed by atoms with van der Waals surface area (Å²) in [6.07, 6.45) is -0.793. The topological polar surface area (TPSA) is 107 Å². The van der Waals surface area contributed by atoms with Crippen molar-refractivity contribution in [2.45, 2.75) is 12.1 Å². The lowest BCUT2D eigenvalue weighted by molar-refractivity contribution is -0.134. The summed E-state index contributed by atoms with van der Waals surface area (Å²) in [5, 5.41) is 20.7. The number of hydrogen-bond acceptors (Lipinski definition) is 5. The van der Waals surface area contributed by atoms with Crippen molar-refractivity contribution < 1.29 is 23.4 Å². The lowest BCUT2D eigenvalue weighted by atomic mass is 10.2. The summed E-state index contributed by atoms with van der Waals surface area (Å²) in [5.41, 5.74) is 0. The molecule has 0 bridgehead atoms. The Morgan fingerprint density at radius 3 is 2.53 bits per heavy atom. The molecule has 1 aliphatic heterocycles. The lowest BCUT2D eigenvalue weighted by Gasteiger charge is -2.24. The Labute approximate surface area is 87.7 Å². The number of sulfonamides is 1. The van der Waals surface area contributed by atoms with E-state index < -0.39 is 33.9 Å². The molecule has 2 atom stereocenters. The summed E-state index contributed by atoms with van der Waals surface area (Å²) < 4.78 is 23.9. The maximum atomic E-state index is 11.5. The van der Waals surface area contributed by atoms with E-state index in [4.69, 9.17) is 5.11 Å². The van der Waals surface area contributed by atoms with Crippen molar-refractivity contribution in [3.63, 3.8) is 0 Å². The molecular formula is C7H14N2O5S. The fourth-order valence-corrected chi connectivity index (χ4v) is 2.63. The first kappa shape index (κ1) is 12.4. The van der Waals surface area contributed by atoms with E-state index in [0.29, 0.717) is 13.1 Å². The van der Waals surface area contributed by atoms with Gasteiger partial charge in [-0.3, -0.25) is 4.79 Å². The van der Waals surface area contributed by atoms with E-state index in [9.17, 15) is 18.3 Å². The molecule has 88 valence electrons. The predicted molar refractivity (Wildman–Crippen MR) is 51.9 cm³/mol. The number of nitrogens with one attached hydrogen (secondary N) is 1. The molecule has 0 spiro atoms. The highest BCUT2D eigenvalue weighted by molar-refractivity contribution is 7.89. The van der Waals surface area contributed by atoms with Gasteiger partial charge in [-0.25, -0.2) is 8.42 Å². The highest BCUT2D eigenvalue weighted by Gasteiger charge is 2.35. The molecule has 1 fully saturated rings. The zero-order valence-corrected chi connectivity index (χ0v) is 9.07. The molecule has 0 aliphatic carbocycles. The Bertz CT molecular complexity index is 341. The smallest absolute Gasteiger partial charge is 0.320 e. The van der Waals surface area contributed by atoms with Crippen molar-refractivity contribution in [1.29, 1.82) is 0 Å². The Kier molecular flexibility index (Phi) is 3.66. The highest BCUT2D eigenvalue weighted by Crippen LogP contribution is 2.12. The van der Waals surface area contributed by atoms with E-state index in [1.54, 1.807) is 0 Å². The number of nitrogens with zero attached hydrogens (tertiary/aromatic N) is 1. The predicted octanol–water partition coefficient (Wildman–Crippen LogP) is -2.33. The lowest BCUT2D eigenvalue weighted by Crippen LogP contribution is -2.46. The van der Waals surface area contributed by atoms with E-state index in [2.05, 4.69) is 5.32 Å². The van der Waals surface area contributed by atoms with Crippen LogP contribution in [-0.2, 0) is 14.8 Å². The van der Waals surface area contributed by atoms with Crippen LogP contribution >= 0.6 is 0 Å². The van der Waals surface area contributed by atoms with E-state index in [0.717, 1.165) is 4.31 Å². The van der Waals surface area contributed by atoms with Gasteiger partial charge in [0.2, 0.25) is 10.0 Å². The van der Waals surface area contributed by atoms with Crippen molar-refractivity contribution in [2.24, 2.45) is 0 Å². The zero-order valence-electron chi connectivity index (χ0n) is 8.25. The second kappa shape index (κ2) is 4.44. The second-order valence-electron chi connectivity index (χ2n) is 3.46. The van der Waals surface area contributed by atoms with Crippen molar-refractivity contribution in [2.75, 3.05) is 25.9 Å². The van der Waals surface area contributed by atoms with Crippen LogP contribution in [0.4, 0.5) is 0 Å². The highest BCUT2D eigenvalue weighted by atomic mass is 32.2. The van der Waals surface area contributed by atoms with E-state index in [-0.39, 0.29) is 0 Å². The minimum absolute atomic E-state index is 0.317. The normalized spacial score (nSPS) is 27.1. The van der Waals surface area contributed by atoms with Crippen LogP contribution in [0.15, 0.2) is 0 Å². The number of hydrogen-bond donors (Lipinski definition) is 3. The third kappa shape index (κ3) is 2.88. The molecule has 0 aromatic carbocycles. The zero-order chi connectivity index (χ0) is 11.6. The van der Waals surface area contributed by atoms with Gasteiger partial charge in [0, 0.05) is 20.1 Å². The summed E-state index contributed by atoms with van der Waals surface area (Å²) in [4.78, 5) is 10.3. The molecule has 0 radical (unpaired) electrons. The van der Waals surface area contributed by atoms with Crippen molar-refractivity contribution in [3.8, 4) is 0 Å². The van der Waals surface area contributed by atoms with Crippen LogP contribution in [0.5, 0.6) is 0 Å². The largest absolute Gasteiger partial charge is 0.480 e. The van der Waals surface area contributed by atoms with Crippen LogP contribution in [0.3, 0.4) is 0 Å².